The van der Waals surface area contributed by atoms with Crippen molar-refractivity contribution in [3.63, 3.8) is 0 Å². The molecular weight excluding hydrogens is 264 g/mol. The van der Waals surface area contributed by atoms with Crippen LogP contribution >= 0.6 is 0 Å². The average molecular weight is 292 g/mol. The third-order valence-corrected chi connectivity index (χ3v) is 4.72. The van der Waals surface area contributed by atoms with Crippen LogP contribution in [0.2, 0.25) is 0 Å². The van der Waals surface area contributed by atoms with Crippen molar-refractivity contribution in [2.75, 3.05) is 32.2 Å². The van der Waals surface area contributed by atoms with Crippen molar-refractivity contribution < 1.29 is 13.5 Å². The predicted octanol–water partition coefficient (Wildman–Crippen LogP) is 0.244. The molecule has 0 amide bonds. The quantitative estimate of drug-likeness (QED) is 0.637. The molecule has 6 heteroatoms. The molecule has 2 unspecified atom stereocenters. The molecule has 1 rings (SSSR count). The highest BCUT2D eigenvalue weighted by atomic mass is 32.2. The molecule has 0 aliphatic heterocycles. The van der Waals surface area contributed by atoms with Gasteiger partial charge < -0.3 is 15.3 Å². The second kappa shape index (κ2) is 6.52. The van der Waals surface area contributed by atoms with Crippen molar-refractivity contribution in [1.82, 2.24) is 10.2 Å². The van der Waals surface area contributed by atoms with Crippen molar-refractivity contribution in [2.24, 2.45) is 0 Å². The fraction of sp³-hybridized carbons (Fsp3) is 1.00. The van der Waals surface area contributed by atoms with E-state index in [0.717, 1.165) is 6.42 Å². The number of aliphatic hydroxyl groups is 1. The minimum Gasteiger partial charge on any atom is -0.394 e. The van der Waals surface area contributed by atoms with E-state index in [4.69, 9.17) is 0 Å². The highest BCUT2D eigenvalue weighted by Gasteiger charge is 2.33. The van der Waals surface area contributed by atoms with Gasteiger partial charge in [0.05, 0.1) is 12.4 Å². The van der Waals surface area contributed by atoms with Gasteiger partial charge in [-0.1, -0.05) is 0 Å². The molecule has 0 saturated heterocycles. The van der Waals surface area contributed by atoms with Gasteiger partial charge in [0.25, 0.3) is 0 Å². The van der Waals surface area contributed by atoms with Crippen LogP contribution in [-0.2, 0) is 9.84 Å². The summed E-state index contributed by atoms with van der Waals surface area (Å²) in [7, 11) is -0.982. The van der Waals surface area contributed by atoms with Gasteiger partial charge in [0.15, 0.2) is 0 Å². The van der Waals surface area contributed by atoms with Crippen LogP contribution < -0.4 is 5.32 Å². The van der Waals surface area contributed by atoms with E-state index in [1.165, 1.54) is 19.1 Å². The summed E-state index contributed by atoms with van der Waals surface area (Å²) in [6, 6.07) is 0.774. The number of sulfone groups is 1. The lowest BCUT2D eigenvalue weighted by molar-refractivity contribution is 0.127. The Bertz CT molecular complexity index is 381. The molecule has 19 heavy (non-hydrogen) atoms. The molecule has 0 bridgehead atoms. The van der Waals surface area contributed by atoms with Crippen molar-refractivity contribution in [3.8, 4) is 0 Å². The van der Waals surface area contributed by atoms with Crippen LogP contribution in [0.1, 0.15) is 33.1 Å². The van der Waals surface area contributed by atoms with E-state index in [-0.39, 0.29) is 23.9 Å². The van der Waals surface area contributed by atoms with Crippen LogP contribution in [0.5, 0.6) is 0 Å². The summed E-state index contributed by atoms with van der Waals surface area (Å²) in [5.74, 6) is 0.180. The Morgan fingerprint density at radius 1 is 1.47 bits per heavy atom. The molecule has 0 heterocycles. The van der Waals surface area contributed by atoms with E-state index < -0.39 is 9.84 Å². The van der Waals surface area contributed by atoms with Gasteiger partial charge in [-0.05, 0) is 40.2 Å². The highest BCUT2D eigenvalue weighted by molar-refractivity contribution is 7.90. The zero-order valence-corrected chi connectivity index (χ0v) is 13.3. The summed E-state index contributed by atoms with van der Waals surface area (Å²) in [5.41, 5.74) is -0.278. The van der Waals surface area contributed by atoms with Crippen molar-refractivity contribution in [2.45, 2.75) is 50.7 Å². The fourth-order valence-corrected chi connectivity index (χ4v) is 2.85. The molecule has 1 aliphatic rings. The number of hydrogen-bond donors (Lipinski definition) is 2. The van der Waals surface area contributed by atoms with Gasteiger partial charge in [-0.25, -0.2) is 8.42 Å². The molecular formula is C13H28N2O3S. The third kappa shape index (κ3) is 6.70. The van der Waals surface area contributed by atoms with Gasteiger partial charge in [-0.2, -0.15) is 0 Å². The lowest BCUT2D eigenvalue weighted by Gasteiger charge is -2.35. The first kappa shape index (κ1) is 16.9. The first-order chi connectivity index (χ1) is 8.65. The van der Waals surface area contributed by atoms with Crippen LogP contribution in [0.4, 0.5) is 0 Å². The summed E-state index contributed by atoms with van der Waals surface area (Å²) in [5, 5.41) is 13.1. The maximum Gasteiger partial charge on any atom is 0.148 e. The van der Waals surface area contributed by atoms with Crippen molar-refractivity contribution in [1.29, 1.82) is 0 Å². The van der Waals surface area contributed by atoms with E-state index in [1.54, 1.807) is 0 Å². The van der Waals surface area contributed by atoms with E-state index in [0.29, 0.717) is 12.6 Å². The second-order valence-electron chi connectivity index (χ2n) is 6.30. The molecule has 2 atom stereocenters. The molecule has 114 valence electrons. The molecule has 2 N–H and O–H groups in total. The standard InChI is InChI=1S/C13H28N2O3S/c1-11(15(3)7-8-19(4,17)18)9-13(2,10-16)14-12-5-6-12/h11-12,14,16H,5-10H2,1-4H3. The van der Waals surface area contributed by atoms with Gasteiger partial charge in [-0.15, -0.1) is 0 Å². The zero-order chi connectivity index (χ0) is 14.7. The fourth-order valence-electron chi connectivity index (χ4n) is 2.23. The smallest absolute Gasteiger partial charge is 0.148 e. The van der Waals surface area contributed by atoms with Crippen LogP contribution in [0.15, 0.2) is 0 Å². The molecule has 5 nitrogen and oxygen atoms in total. The summed E-state index contributed by atoms with van der Waals surface area (Å²) < 4.78 is 22.3. The number of nitrogens with one attached hydrogen (secondary N) is 1. The lowest BCUT2D eigenvalue weighted by Crippen LogP contribution is -2.51. The maximum atomic E-state index is 11.2. The normalized spacial score (nSPS) is 21.4. The maximum absolute atomic E-state index is 11.2. The summed E-state index contributed by atoms with van der Waals surface area (Å²) >= 11 is 0. The first-order valence-corrected chi connectivity index (χ1v) is 8.98. The topological polar surface area (TPSA) is 69.6 Å². The molecule has 1 saturated carbocycles. The zero-order valence-electron chi connectivity index (χ0n) is 12.5. The van der Waals surface area contributed by atoms with Crippen molar-refractivity contribution in [3.05, 3.63) is 0 Å². The monoisotopic (exact) mass is 292 g/mol. The van der Waals surface area contributed by atoms with Gasteiger partial charge in [0, 0.05) is 30.4 Å². The summed E-state index contributed by atoms with van der Waals surface area (Å²) in [6.45, 7) is 4.75. The Labute approximate surface area is 117 Å². The third-order valence-electron chi connectivity index (χ3n) is 3.79. The Hall–Kier alpha value is -0.170. The van der Waals surface area contributed by atoms with Crippen molar-refractivity contribution >= 4 is 9.84 Å². The Morgan fingerprint density at radius 3 is 2.47 bits per heavy atom. The van der Waals surface area contributed by atoms with Gasteiger partial charge in [0.2, 0.25) is 0 Å². The molecule has 0 spiro atoms. The first-order valence-electron chi connectivity index (χ1n) is 6.92. The van der Waals surface area contributed by atoms with E-state index in [9.17, 15) is 13.5 Å². The highest BCUT2D eigenvalue weighted by Crippen LogP contribution is 2.25. The Balaban J connectivity index is 2.44. The summed E-state index contributed by atoms with van der Waals surface area (Å²) in [4.78, 5) is 2.05. The molecule has 1 aliphatic carbocycles. The minimum atomic E-state index is -2.92. The SMILES string of the molecule is CC(CC(C)(CO)NC1CC1)N(C)CCS(C)(=O)=O. The molecule has 0 aromatic heterocycles. The second-order valence-corrected chi connectivity index (χ2v) is 8.56. The molecule has 0 aromatic rings. The average Bonchev–Trinajstić information content (AvgIpc) is 3.08. The van der Waals surface area contributed by atoms with Gasteiger partial charge in [-0.3, -0.25) is 0 Å². The van der Waals surface area contributed by atoms with Gasteiger partial charge >= 0.3 is 0 Å². The Morgan fingerprint density at radius 2 is 2.05 bits per heavy atom. The molecule has 0 aromatic carbocycles. The number of aliphatic hydroxyl groups excluding tert-OH is 1. The number of rotatable bonds is 9. The number of nitrogens with zero attached hydrogens (tertiary/aromatic N) is 1. The van der Waals surface area contributed by atoms with Crippen LogP contribution in [0.25, 0.3) is 0 Å². The molecule has 0 radical (unpaired) electrons. The van der Waals surface area contributed by atoms with E-state index >= 15 is 0 Å². The number of hydrogen-bond acceptors (Lipinski definition) is 5. The van der Waals surface area contributed by atoms with Crippen LogP contribution in [0.3, 0.4) is 0 Å². The molecule has 1 fully saturated rings. The predicted molar refractivity (Wildman–Crippen MR) is 78.1 cm³/mol. The van der Waals surface area contributed by atoms with E-state index in [2.05, 4.69) is 12.2 Å². The minimum absolute atomic E-state index is 0.105. The summed E-state index contributed by atoms with van der Waals surface area (Å²) in [6.07, 6.45) is 4.44. The lowest BCUT2D eigenvalue weighted by atomic mass is 9.93. The van der Waals surface area contributed by atoms with Crippen LogP contribution in [0, 0.1) is 0 Å². The van der Waals surface area contributed by atoms with E-state index in [1.807, 2.05) is 18.9 Å². The Kier molecular flexibility index (Phi) is 5.79. The van der Waals surface area contributed by atoms with Gasteiger partial charge in [0.1, 0.15) is 9.84 Å². The van der Waals surface area contributed by atoms with Crippen LogP contribution in [-0.4, -0.2) is 68.3 Å². The largest absolute Gasteiger partial charge is 0.394 e.